The van der Waals surface area contributed by atoms with Gasteiger partial charge in [-0.1, -0.05) is 49.9 Å². The van der Waals surface area contributed by atoms with Crippen LogP contribution in [0.5, 0.6) is 5.75 Å². The molecule has 2 aromatic carbocycles. The van der Waals surface area contributed by atoms with Crippen LogP contribution in [0.15, 0.2) is 36.4 Å². The van der Waals surface area contributed by atoms with Gasteiger partial charge in [0, 0.05) is 5.56 Å². The largest absolute Gasteiger partial charge is 0.494 e. The summed E-state index contributed by atoms with van der Waals surface area (Å²) in [6.45, 7) is 0. The lowest BCUT2D eigenvalue weighted by Gasteiger charge is -2.32. The second-order valence-corrected chi connectivity index (χ2v) is 8.22. The van der Waals surface area contributed by atoms with Gasteiger partial charge in [-0.3, -0.25) is 0 Å². The molecule has 0 N–H and O–H groups in total. The summed E-state index contributed by atoms with van der Waals surface area (Å²) in [6.07, 6.45) is 10.9. The molecule has 0 amide bonds. The fourth-order valence-electron chi connectivity index (χ4n) is 5.20. The van der Waals surface area contributed by atoms with Crippen LogP contribution in [0.2, 0.25) is 0 Å². The van der Waals surface area contributed by atoms with Crippen LogP contribution in [0.4, 0.5) is 8.78 Å². The zero-order chi connectivity index (χ0) is 18.8. The normalized spacial score (nSPS) is 23.5. The maximum atomic E-state index is 14.3. The number of rotatable bonds is 4. The zero-order valence-electron chi connectivity index (χ0n) is 16.0. The van der Waals surface area contributed by atoms with E-state index in [1.165, 1.54) is 70.1 Å². The van der Waals surface area contributed by atoms with Crippen LogP contribution in [0.1, 0.15) is 62.8 Å². The Bertz CT molecular complexity index is 770. The molecular weight excluding hydrogens is 342 g/mol. The molecule has 2 aliphatic carbocycles. The fraction of sp³-hybridized carbons (Fsp3) is 0.500. The number of benzene rings is 2. The third kappa shape index (κ3) is 3.74. The molecule has 0 bridgehead atoms. The molecule has 0 aliphatic heterocycles. The first-order chi connectivity index (χ1) is 13.2. The highest BCUT2D eigenvalue weighted by Gasteiger charge is 2.29. The lowest BCUT2D eigenvalue weighted by atomic mass is 9.73. The van der Waals surface area contributed by atoms with E-state index in [0.29, 0.717) is 11.5 Å². The number of halogens is 2. The molecule has 4 rings (SSSR count). The van der Waals surface area contributed by atoms with Crippen molar-refractivity contribution in [2.24, 2.45) is 11.8 Å². The second kappa shape index (κ2) is 8.00. The van der Waals surface area contributed by atoms with Crippen molar-refractivity contribution in [3.05, 3.63) is 53.6 Å². The van der Waals surface area contributed by atoms with Crippen molar-refractivity contribution in [2.75, 3.05) is 7.11 Å². The molecule has 0 spiro atoms. The summed E-state index contributed by atoms with van der Waals surface area (Å²) < 4.78 is 33.2. The van der Waals surface area contributed by atoms with Crippen LogP contribution in [-0.4, -0.2) is 7.11 Å². The minimum atomic E-state index is -0.927. The molecule has 3 heteroatoms. The monoisotopic (exact) mass is 370 g/mol. The van der Waals surface area contributed by atoms with Crippen molar-refractivity contribution >= 4 is 0 Å². The van der Waals surface area contributed by atoms with Gasteiger partial charge < -0.3 is 4.74 Å². The molecule has 2 aromatic rings. The van der Waals surface area contributed by atoms with Gasteiger partial charge in [0.15, 0.2) is 11.6 Å². The van der Waals surface area contributed by atoms with Crippen LogP contribution in [-0.2, 0) is 0 Å². The summed E-state index contributed by atoms with van der Waals surface area (Å²) >= 11 is 0. The van der Waals surface area contributed by atoms with Crippen molar-refractivity contribution in [1.82, 2.24) is 0 Å². The Morgan fingerprint density at radius 2 is 1.37 bits per heavy atom. The minimum Gasteiger partial charge on any atom is -0.494 e. The summed E-state index contributed by atoms with van der Waals surface area (Å²) in [7, 11) is 1.34. The predicted molar refractivity (Wildman–Crippen MR) is 105 cm³/mol. The lowest BCUT2D eigenvalue weighted by Crippen LogP contribution is -2.19. The molecular formula is C24H28F2O. The fourth-order valence-corrected chi connectivity index (χ4v) is 5.20. The van der Waals surface area contributed by atoms with E-state index >= 15 is 0 Å². The summed E-state index contributed by atoms with van der Waals surface area (Å²) in [5, 5.41) is 0. The van der Waals surface area contributed by atoms with Crippen LogP contribution in [0.25, 0.3) is 11.1 Å². The van der Waals surface area contributed by atoms with Gasteiger partial charge in [0.1, 0.15) is 0 Å². The second-order valence-electron chi connectivity index (χ2n) is 8.22. The Balaban J connectivity index is 1.45. The molecule has 1 nitrogen and oxygen atoms in total. The average molecular weight is 370 g/mol. The standard InChI is InChI=1S/C24H28F2O/c1-27-22-15-14-21(23(25)24(22)26)20-12-10-19(11-13-20)18-8-6-17(7-9-18)16-4-2-3-5-16/h10-18H,2-9H2,1H3. The highest BCUT2D eigenvalue weighted by atomic mass is 19.2. The molecule has 0 heterocycles. The van der Waals surface area contributed by atoms with Crippen molar-refractivity contribution in [3.63, 3.8) is 0 Å². The number of methoxy groups -OCH3 is 1. The maximum Gasteiger partial charge on any atom is 0.201 e. The van der Waals surface area contributed by atoms with Crippen LogP contribution in [0.3, 0.4) is 0 Å². The smallest absolute Gasteiger partial charge is 0.201 e. The Labute approximate surface area is 160 Å². The van der Waals surface area contributed by atoms with Crippen LogP contribution in [0, 0.1) is 23.5 Å². The molecule has 2 fully saturated rings. The van der Waals surface area contributed by atoms with E-state index in [2.05, 4.69) is 12.1 Å². The highest BCUT2D eigenvalue weighted by Crippen LogP contribution is 2.43. The van der Waals surface area contributed by atoms with Gasteiger partial charge in [-0.15, -0.1) is 0 Å². The first-order valence-corrected chi connectivity index (χ1v) is 10.3. The molecule has 0 aromatic heterocycles. The van der Waals surface area contributed by atoms with Gasteiger partial charge in [-0.05, 0) is 66.7 Å². The molecule has 0 atom stereocenters. The molecule has 144 valence electrons. The van der Waals surface area contributed by atoms with Gasteiger partial charge in [-0.25, -0.2) is 4.39 Å². The number of hydrogen-bond donors (Lipinski definition) is 0. The molecule has 0 unspecified atom stereocenters. The third-order valence-electron chi connectivity index (χ3n) is 6.80. The maximum absolute atomic E-state index is 14.3. The summed E-state index contributed by atoms with van der Waals surface area (Å²) in [4.78, 5) is 0. The van der Waals surface area contributed by atoms with Crippen LogP contribution >= 0.6 is 0 Å². The molecule has 2 saturated carbocycles. The first-order valence-electron chi connectivity index (χ1n) is 10.3. The molecule has 0 radical (unpaired) electrons. The van der Waals surface area contributed by atoms with Crippen molar-refractivity contribution < 1.29 is 13.5 Å². The van der Waals surface area contributed by atoms with E-state index in [0.717, 1.165) is 11.8 Å². The van der Waals surface area contributed by atoms with Crippen molar-refractivity contribution in [3.8, 4) is 16.9 Å². The van der Waals surface area contributed by atoms with E-state index in [1.807, 2.05) is 12.1 Å². The summed E-state index contributed by atoms with van der Waals surface area (Å²) in [5.41, 5.74) is 2.32. The summed E-state index contributed by atoms with van der Waals surface area (Å²) in [6, 6.07) is 11.1. The highest BCUT2D eigenvalue weighted by molar-refractivity contribution is 5.65. The Kier molecular flexibility index (Phi) is 5.47. The van der Waals surface area contributed by atoms with E-state index in [1.54, 1.807) is 6.07 Å². The van der Waals surface area contributed by atoms with Crippen molar-refractivity contribution in [1.29, 1.82) is 0 Å². The SMILES string of the molecule is COc1ccc(-c2ccc(C3CCC(C4CCCC4)CC3)cc2)c(F)c1F. The molecule has 2 aliphatic rings. The number of ether oxygens (including phenoxy) is 1. The van der Waals surface area contributed by atoms with Crippen molar-refractivity contribution in [2.45, 2.75) is 57.3 Å². The Morgan fingerprint density at radius 3 is 2.00 bits per heavy atom. The topological polar surface area (TPSA) is 9.23 Å². The van der Waals surface area contributed by atoms with Gasteiger partial charge in [0.25, 0.3) is 0 Å². The Hall–Kier alpha value is -1.90. The van der Waals surface area contributed by atoms with Gasteiger partial charge >= 0.3 is 0 Å². The molecule has 27 heavy (non-hydrogen) atoms. The zero-order valence-corrected chi connectivity index (χ0v) is 16.0. The Morgan fingerprint density at radius 1 is 0.741 bits per heavy atom. The third-order valence-corrected chi connectivity index (χ3v) is 6.80. The minimum absolute atomic E-state index is 0.0631. The van der Waals surface area contributed by atoms with Gasteiger partial charge in [-0.2, -0.15) is 4.39 Å². The van der Waals surface area contributed by atoms with E-state index < -0.39 is 11.6 Å². The van der Waals surface area contributed by atoms with E-state index in [9.17, 15) is 8.78 Å². The average Bonchev–Trinajstić information content (AvgIpc) is 3.25. The number of hydrogen-bond acceptors (Lipinski definition) is 1. The lowest BCUT2D eigenvalue weighted by molar-refractivity contribution is 0.235. The first kappa shape index (κ1) is 18.5. The predicted octanol–water partition coefficient (Wildman–Crippen LogP) is 7.10. The van der Waals surface area contributed by atoms with Crippen LogP contribution < -0.4 is 4.74 Å². The van der Waals surface area contributed by atoms with Gasteiger partial charge in [0.2, 0.25) is 5.82 Å². The summed E-state index contributed by atoms with van der Waals surface area (Å²) in [5.74, 6) is 0.671. The quantitative estimate of drug-likeness (QED) is 0.557. The van der Waals surface area contributed by atoms with E-state index in [-0.39, 0.29) is 11.3 Å². The van der Waals surface area contributed by atoms with Gasteiger partial charge in [0.05, 0.1) is 7.11 Å². The van der Waals surface area contributed by atoms with E-state index in [4.69, 9.17) is 4.74 Å². The molecule has 0 saturated heterocycles.